The van der Waals surface area contributed by atoms with E-state index in [1.165, 1.54) is 4.31 Å². The zero-order valence-corrected chi connectivity index (χ0v) is 19.7. The Bertz CT molecular complexity index is 1440. The van der Waals surface area contributed by atoms with Crippen LogP contribution >= 0.6 is 0 Å². The first-order valence-electron chi connectivity index (χ1n) is 11.1. The summed E-state index contributed by atoms with van der Waals surface area (Å²) in [4.78, 5) is 17.5. The molecule has 2 aromatic carbocycles. The lowest BCUT2D eigenvalue weighted by molar-refractivity contribution is -0.120. The van der Waals surface area contributed by atoms with Crippen molar-refractivity contribution in [3.05, 3.63) is 66.3 Å². The third kappa shape index (κ3) is 3.99. The molecule has 10 heteroatoms. The number of nitrogens with zero attached hydrogens (tertiary/aromatic N) is 4. The average Bonchev–Trinajstić information content (AvgIpc) is 3.42. The van der Waals surface area contributed by atoms with Gasteiger partial charge in [-0.2, -0.15) is 4.31 Å². The highest BCUT2D eigenvalue weighted by Crippen LogP contribution is 2.28. The van der Waals surface area contributed by atoms with E-state index in [1.807, 2.05) is 53.1 Å². The molecule has 0 radical (unpaired) electrons. The number of hydrogen-bond acceptors (Lipinski definition) is 6. The normalized spacial score (nSPS) is 17.2. The van der Waals surface area contributed by atoms with Crippen molar-refractivity contribution in [2.75, 3.05) is 18.4 Å². The van der Waals surface area contributed by atoms with Crippen LogP contribution < -0.4 is 5.32 Å². The molecule has 2 aromatic heterocycles. The van der Waals surface area contributed by atoms with Gasteiger partial charge in [-0.1, -0.05) is 17.3 Å². The van der Waals surface area contributed by atoms with E-state index in [1.54, 1.807) is 20.2 Å². The van der Waals surface area contributed by atoms with Crippen LogP contribution in [0.3, 0.4) is 0 Å². The standard InChI is InChI=1S/C24H25N5O4S/c1-16-23(17(2)33-27-16)34(31,32)28-13-5-6-18(14-28)24(30)26-19-9-11-20(12-10-19)29-15-25-21-7-3-4-8-22(21)29/h3-4,7-12,15,18H,5-6,13-14H2,1-2H3,(H,26,30). The van der Waals surface area contributed by atoms with Crippen LogP contribution in [0.15, 0.2) is 64.3 Å². The molecule has 1 aliphatic heterocycles. The molecule has 1 fully saturated rings. The number of aromatic nitrogens is 3. The van der Waals surface area contributed by atoms with E-state index >= 15 is 0 Å². The number of imidazole rings is 1. The summed E-state index contributed by atoms with van der Waals surface area (Å²) in [5.74, 6) is -0.379. The lowest BCUT2D eigenvalue weighted by atomic mass is 9.98. The number of rotatable bonds is 5. The second-order valence-corrected chi connectivity index (χ2v) is 10.4. The summed E-state index contributed by atoms with van der Waals surface area (Å²) in [6.45, 7) is 3.67. The summed E-state index contributed by atoms with van der Waals surface area (Å²) >= 11 is 0. The van der Waals surface area contributed by atoms with Gasteiger partial charge in [0, 0.05) is 24.5 Å². The second-order valence-electron chi connectivity index (χ2n) is 8.49. The molecule has 3 heterocycles. The summed E-state index contributed by atoms with van der Waals surface area (Å²) in [6.07, 6.45) is 3.00. The van der Waals surface area contributed by atoms with Gasteiger partial charge in [0.25, 0.3) is 0 Å². The van der Waals surface area contributed by atoms with E-state index in [-0.39, 0.29) is 23.1 Å². The maximum atomic E-state index is 13.1. The van der Waals surface area contributed by atoms with Crippen molar-refractivity contribution in [1.29, 1.82) is 0 Å². The van der Waals surface area contributed by atoms with Crippen molar-refractivity contribution in [3.8, 4) is 5.69 Å². The van der Waals surface area contributed by atoms with Gasteiger partial charge >= 0.3 is 0 Å². The zero-order chi connectivity index (χ0) is 23.9. The number of carbonyl (C=O) groups excluding carboxylic acids is 1. The Kier molecular flexibility index (Phi) is 5.70. The predicted molar refractivity (Wildman–Crippen MR) is 127 cm³/mol. The Morgan fingerprint density at radius 2 is 1.88 bits per heavy atom. The summed E-state index contributed by atoms with van der Waals surface area (Å²) in [5, 5.41) is 6.70. The predicted octanol–water partition coefficient (Wildman–Crippen LogP) is 3.67. The highest BCUT2D eigenvalue weighted by Gasteiger charge is 2.36. The van der Waals surface area contributed by atoms with Crippen LogP contribution in [0.4, 0.5) is 5.69 Å². The minimum absolute atomic E-state index is 0.0937. The van der Waals surface area contributed by atoms with Crippen molar-refractivity contribution in [1.82, 2.24) is 19.0 Å². The number of aryl methyl sites for hydroxylation is 2. The Hall–Kier alpha value is -3.50. The first-order chi connectivity index (χ1) is 16.3. The van der Waals surface area contributed by atoms with Crippen molar-refractivity contribution >= 4 is 32.7 Å². The van der Waals surface area contributed by atoms with Gasteiger partial charge in [-0.05, 0) is 63.1 Å². The SMILES string of the molecule is Cc1noc(C)c1S(=O)(=O)N1CCCC(C(=O)Nc2ccc(-n3cnc4ccccc43)cc2)C1. The molecular weight excluding hydrogens is 454 g/mol. The van der Waals surface area contributed by atoms with Gasteiger partial charge < -0.3 is 9.84 Å². The number of amides is 1. The number of sulfonamides is 1. The maximum absolute atomic E-state index is 13.1. The quantitative estimate of drug-likeness (QED) is 0.468. The lowest BCUT2D eigenvalue weighted by Crippen LogP contribution is -2.43. The van der Waals surface area contributed by atoms with E-state index < -0.39 is 15.9 Å². The smallest absolute Gasteiger partial charge is 0.248 e. The molecule has 1 amide bonds. The van der Waals surface area contributed by atoms with E-state index in [2.05, 4.69) is 15.5 Å². The van der Waals surface area contributed by atoms with Crippen LogP contribution in [-0.2, 0) is 14.8 Å². The fourth-order valence-corrected chi connectivity index (χ4v) is 6.28. The average molecular weight is 480 g/mol. The largest absolute Gasteiger partial charge is 0.360 e. The van der Waals surface area contributed by atoms with Crippen LogP contribution in [0, 0.1) is 19.8 Å². The van der Waals surface area contributed by atoms with Gasteiger partial charge in [-0.25, -0.2) is 13.4 Å². The lowest BCUT2D eigenvalue weighted by Gasteiger charge is -2.31. The summed E-state index contributed by atoms with van der Waals surface area (Å²) in [7, 11) is -3.78. The summed E-state index contributed by atoms with van der Waals surface area (Å²) < 4.78 is 34.7. The van der Waals surface area contributed by atoms with Crippen molar-refractivity contribution in [2.45, 2.75) is 31.6 Å². The van der Waals surface area contributed by atoms with Gasteiger partial charge in [-0.15, -0.1) is 0 Å². The zero-order valence-electron chi connectivity index (χ0n) is 18.9. The second kappa shape index (κ2) is 8.69. The Labute approximate surface area is 197 Å². The molecular formula is C24H25N5O4S. The topological polar surface area (TPSA) is 110 Å². The summed E-state index contributed by atoms with van der Waals surface area (Å²) in [5.41, 5.74) is 3.83. The third-order valence-electron chi connectivity index (χ3n) is 6.19. The molecule has 0 saturated carbocycles. The van der Waals surface area contributed by atoms with Crippen LogP contribution in [0.1, 0.15) is 24.3 Å². The Balaban J connectivity index is 1.29. The molecule has 5 rings (SSSR count). The molecule has 34 heavy (non-hydrogen) atoms. The van der Waals surface area contributed by atoms with Gasteiger partial charge in [0.1, 0.15) is 16.9 Å². The molecule has 1 unspecified atom stereocenters. The maximum Gasteiger partial charge on any atom is 0.248 e. The van der Waals surface area contributed by atoms with Gasteiger partial charge in [-0.3, -0.25) is 9.36 Å². The monoisotopic (exact) mass is 479 g/mol. The first-order valence-corrected chi connectivity index (χ1v) is 12.5. The molecule has 1 saturated heterocycles. The number of piperidine rings is 1. The minimum Gasteiger partial charge on any atom is -0.360 e. The molecule has 1 atom stereocenters. The molecule has 1 N–H and O–H groups in total. The molecule has 0 bridgehead atoms. The number of para-hydroxylation sites is 2. The number of nitrogens with one attached hydrogen (secondary N) is 1. The molecule has 1 aliphatic rings. The third-order valence-corrected chi connectivity index (χ3v) is 8.30. The number of benzene rings is 2. The number of fused-ring (bicyclic) bond motifs is 1. The highest BCUT2D eigenvalue weighted by molar-refractivity contribution is 7.89. The first kappa shape index (κ1) is 22.3. The summed E-state index contributed by atoms with van der Waals surface area (Å²) in [6, 6.07) is 15.4. The van der Waals surface area contributed by atoms with Gasteiger partial charge in [0.15, 0.2) is 5.76 Å². The molecule has 176 valence electrons. The van der Waals surface area contributed by atoms with Crippen molar-refractivity contribution in [2.24, 2.45) is 5.92 Å². The van der Waals surface area contributed by atoms with E-state index in [0.29, 0.717) is 30.8 Å². The molecule has 0 spiro atoms. The van der Waals surface area contributed by atoms with Crippen LogP contribution in [0.5, 0.6) is 0 Å². The minimum atomic E-state index is -3.78. The van der Waals surface area contributed by atoms with Crippen LogP contribution in [0.2, 0.25) is 0 Å². The van der Waals surface area contributed by atoms with Crippen molar-refractivity contribution < 1.29 is 17.7 Å². The van der Waals surface area contributed by atoms with E-state index in [0.717, 1.165) is 16.7 Å². The molecule has 0 aliphatic carbocycles. The van der Waals surface area contributed by atoms with Crippen LogP contribution in [0.25, 0.3) is 16.7 Å². The molecule has 4 aromatic rings. The fraction of sp³-hybridized carbons (Fsp3) is 0.292. The van der Waals surface area contributed by atoms with E-state index in [9.17, 15) is 13.2 Å². The highest BCUT2D eigenvalue weighted by atomic mass is 32.2. The van der Waals surface area contributed by atoms with Gasteiger partial charge in [0.2, 0.25) is 15.9 Å². The number of anilines is 1. The Morgan fingerprint density at radius 3 is 2.62 bits per heavy atom. The fourth-order valence-electron chi connectivity index (χ4n) is 4.46. The number of carbonyl (C=O) groups is 1. The van der Waals surface area contributed by atoms with E-state index in [4.69, 9.17) is 4.52 Å². The van der Waals surface area contributed by atoms with Gasteiger partial charge in [0.05, 0.1) is 17.0 Å². The van der Waals surface area contributed by atoms with Crippen LogP contribution in [-0.4, -0.2) is 46.4 Å². The number of hydrogen-bond donors (Lipinski definition) is 1. The van der Waals surface area contributed by atoms with Crippen molar-refractivity contribution in [3.63, 3.8) is 0 Å². The Morgan fingerprint density at radius 1 is 1.12 bits per heavy atom. The molecule has 9 nitrogen and oxygen atoms in total.